The molecule has 0 atom stereocenters. The summed E-state index contributed by atoms with van der Waals surface area (Å²) in [6.07, 6.45) is 0. The fourth-order valence-electron chi connectivity index (χ4n) is 2.84. The van der Waals surface area contributed by atoms with Gasteiger partial charge in [-0.15, -0.1) is 0 Å². The average molecular weight is 356 g/mol. The van der Waals surface area contributed by atoms with Gasteiger partial charge >= 0.3 is 5.97 Å². The summed E-state index contributed by atoms with van der Waals surface area (Å²) in [4.78, 5) is 23.4. The molecule has 0 saturated heterocycles. The van der Waals surface area contributed by atoms with Gasteiger partial charge in [0.1, 0.15) is 11.4 Å². The number of nitrogens with zero attached hydrogens (tertiary/aromatic N) is 1. The molecule has 7 heteroatoms. The number of aromatic nitrogens is 1. The zero-order valence-electron chi connectivity index (χ0n) is 13.4. The summed E-state index contributed by atoms with van der Waals surface area (Å²) in [6.45, 7) is 0.312. The Hall–Kier alpha value is -2.93. The van der Waals surface area contributed by atoms with Crippen molar-refractivity contribution in [1.29, 1.82) is 0 Å². The van der Waals surface area contributed by atoms with Crippen LogP contribution in [-0.4, -0.2) is 28.7 Å². The number of carbonyl (C=O) groups is 2. The monoisotopic (exact) mass is 356 g/mol. The molecule has 25 heavy (non-hydrogen) atoms. The molecule has 0 aliphatic rings. The first-order chi connectivity index (χ1) is 12.0. The molecular weight excluding hydrogens is 340 g/mol. The van der Waals surface area contributed by atoms with Crippen molar-refractivity contribution in [3.63, 3.8) is 0 Å². The number of hydrogen-bond donors (Lipinski definition) is 3. The SMILES string of the molecule is COc1cccc2c1cc(C(=O)O)n2Cc1cccc(C(=O)NS)c1. The summed E-state index contributed by atoms with van der Waals surface area (Å²) in [6, 6.07) is 14.0. The number of aromatic carboxylic acids is 1. The topological polar surface area (TPSA) is 80.6 Å². The number of ether oxygens (including phenoxy) is 1. The maximum absolute atomic E-state index is 11.7. The lowest BCUT2D eigenvalue weighted by molar-refractivity contribution is 0.0686. The van der Waals surface area contributed by atoms with Crippen LogP contribution in [0.5, 0.6) is 5.75 Å². The minimum absolute atomic E-state index is 0.156. The second-order valence-electron chi connectivity index (χ2n) is 5.46. The Morgan fingerprint density at radius 1 is 1.20 bits per heavy atom. The van der Waals surface area contributed by atoms with Crippen molar-refractivity contribution >= 4 is 35.6 Å². The maximum atomic E-state index is 11.7. The Bertz CT molecular complexity index is 965. The molecule has 0 fully saturated rings. The number of carboxylic acid groups (broad SMARTS) is 1. The minimum Gasteiger partial charge on any atom is -0.496 e. The standard InChI is InChI=1S/C18H16N2O4S/c1-24-16-7-3-6-14-13(16)9-15(18(22)23)20(14)10-11-4-2-5-12(8-11)17(21)19-25/h2-9,25H,10H2,1H3,(H,19,21)(H,22,23). The van der Waals surface area contributed by atoms with Crippen molar-refractivity contribution in [3.05, 3.63) is 65.4 Å². The molecule has 6 nitrogen and oxygen atoms in total. The molecule has 1 aromatic heterocycles. The summed E-state index contributed by atoms with van der Waals surface area (Å²) in [5.41, 5.74) is 2.17. The highest BCUT2D eigenvalue weighted by molar-refractivity contribution is 7.78. The van der Waals surface area contributed by atoms with Gasteiger partial charge in [-0.1, -0.05) is 31.0 Å². The molecule has 128 valence electrons. The van der Waals surface area contributed by atoms with Crippen molar-refractivity contribution in [2.75, 3.05) is 7.11 Å². The van der Waals surface area contributed by atoms with Crippen molar-refractivity contribution < 1.29 is 19.4 Å². The van der Waals surface area contributed by atoms with E-state index in [2.05, 4.69) is 17.5 Å². The lowest BCUT2D eigenvalue weighted by atomic mass is 10.1. The number of fused-ring (bicyclic) bond motifs is 1. The van der Waals surface area contributed by atoms with Crippen molar-refractivity contribution in [2.45, 2.75) is 6.54 Å². The number of methoxy groups -OCH3 is 1. The molecule has 1 heterocycles. The summed E-state index contributed by atoms with van der Waals surface area (Å²) in [7, 11) is 1.55. The van der Waals surface area contributed by atoms with Crippen LogP contribution in [0.25, 0.3) is 10.9 Å². The van der Waals surface area contributed by atoms with Crippen LogP contribution < -0.4 is 9.46 Å². The fraction of sp³-hybridized carbons (Fsp3) is 0.111. The van der Waals surface area contributed by atoms with Gasteiger partial charge in [-0.2, -0.15) is 0 Å². The lowest BCUT2D eigenvalue weighted by Crippen LogP contribution is -2.13. The van der Waals surface area contributed by atoms with Gasteiger partial charge in [0, 0.05) is 17.5 Å². The van der Waals surface area contributed by atoms with Gasteiger partial charge in [0.25, 0.3) is 5.91 Å². The minimum atomic E-state index is -1.03. The van der Waals surface area contributed by atoms with Crippen LogP contribution in [-0.2, 0) is 6.54 Å². The van der Waals surface area contributed by atoms with Gasteiger partial charge in [-0.3, -0.25) is 9.52 Å². The molecule has 0 unspecified atom stereocenters. The molecule has 1 amide bonds. The summed E-state index contributed by atoms with van der Waals surface area (Å²) < 4.78 is 9.30. The Balaban J connectivity index is 2.11. The third-order valence-electron chi connectivity index (χ3n) is 3.98. The predicted molar refractivity (Wildman–Crippen MR) is 97.4 cm³/mol. The third-order valence-corrected chi connectivity index (χ3v) is 4.18. The van der Waals surface area contributed by atoms with Crippen LogP contribution in [0.1, 0.15) is 26.4 Å². The first kappa shape index (κ1) is 16.9. The zero-order valence-corrected chi connectivity index (χ0v) is 14.3. The number of benzene rings is 2. The van der Waals surface area contributed by atoms with E-state index in [1.54, 1.807) is 42.0 Å². The van der Waals surface area contributed by atoms with E-state index in [1.807, 2.05) is 18.2 Å². The molecule has 2 N–H and O–H groups in total. The summed E-state index contributed by atoms with van der Waals surface area (Å²) >= 11 is 3.77. The van der Waals surface area contributed by atoms with Crippen LogP contribution in [0.15, 0.2) is 48.5 Å². The van der Waals surface area contributed by atoms with Crippen molar-refractivity contribution in [3.8, 4) is 5.75 Å². The number of rotatable bonds is 5. The van der Waals surface area contributed by atoms with E-state index >= 15 is 0 Å². The second kappa shape index (κ2) is 6.90. The fourth-order valence-corrected chi connectivity index (χ4v) is 2.97. The largest absolute Gasteiger partial charge is 0.496 e. The molecule has 0 aliphatic heterocycles. The number of amides is 1. The van der Waals surface area contributed by atoms with E-state index in [0.717, 1.165) is 16.5 Å². The molecule has 0 saturated carbocycles. The molecule has 3 aromatic rings. The van der Waals surface area contributed by atoms with E-state index in [-0.39, 0.29) is 11.6 Å². The van der Waals surface area contributed by atoms with Crippen molar-refractivity contribution in [2.24, 2.45) is 0 Å². The summed E-state index contributed by atoms with van der Waals surface area (Å²) in [5, 5.41) is 10.3. The van der Waals surface area contributed by atoms with E-state index in [1.165, 1.54) is 0 Å². The van der Waals surface area contributed by atoms with Crippen LogP contribution in [0.3, 0.4) is 0 Å². The Morgan fingerprint density at radius 2 is 1.96 bits per heavy atom. The first-order valence-electron chi connectivity index (χ1n) is 7.48. The number of hydrogen-bond acceptors (Lipinski definition) is 4. The number of carbonyl (C=O) groups excluding carboxylic acids is 1. The van der Waals surface area contributed by atoms with Gasteiger partial charge in [-0.25, -0.2) is 4.79 Å². The number of nitrogens with one attached hydrogen (secondary N) is 1. The van der Waals surface area contributed by atoms with Gasteiger partial charge in [-0.05, 0) is 35.9 Å². The average Bonchev–Trinajstić information content (AvgIpc) is 3.00. The Labute approximate surface area is 149 Å². The van der Waals surface area contributed by atoms with E-state index in [9.17, 15) is 14.7 Å². The lowest BCUT2D eigenvalue weighted by Gasteiger charge is -2.10. The highest BCUT2D eigenvalue weighted by Gasteiger charge is 2.17. The van der Waals surface area contributed by atoms with E-state index < -0.39 is 5.97 Å². The van der Waals surface area contributed by atoms with E-state index in [0.29, 0.717) is 17.9 Å². The molecule has 2 aromatic carbocycles. The Morgan fingerprint density at radius 3 is 2.64 bits per heavy atom. The van der Waals surface area contributed by atoms with Crippen molar-refractivity contribution in [1.82, 2.24) is 9.29 Å². The first-order valence-corrected chi connectivity index (χ1v) is 7.92. The van der Waals surface area contributed by atoms with E-state index in [4.69, 9.17) is 4.74 Å². The van der Waals surface area contributed by atoms with Crippen LogP contribution in [0.4, 0.5) is 0 Å². The Kier molecular flexibility index (Phi) is 4.67. The predicted octanol–water partition coefficient (Wildman–Crippen LogP) is 2.97. The smallest absolute Gasteiger partial charge is 0.352 e. The molecular formula is C18H16N2O4S. The second-order valence-corrected chi connectivity index (χ2v) is 5.68. The maximum Gasteiger partial charge on any atom is 0.352 e. The number of carboxylic acids is 1. The highest BCUT2D eigenvalue weighted by atomic mass is 32.1. The highest BCUT2D eigenvalue weighted by Crippen LogP contribution is 2.29. The molecule has 0 spiro atoms. The summed E-state index contributed by atoms with van der Waals surface area (Å²) in [5.74, 6) is -0.730. The molecule has 3 rings (SSSR count). The van der Waals surface area contributed by atoms with Gasteiger partial charge in [0.05, 0.1) is 12.6 Å². The molecule has 0 aliphatic carbocycles. The zero-order chi connectivity index (χ0) is 18.0. The van der Waals surface area contributed by atoms with Crippen LogP contribution in [0, 0.1) is 0 Å². The third kappa shape index (κ3) is 3.18. The quantitative estimate of drug-likeness (QED) is 0.614. The number of thiol groups is 1. The van der Waals surface area contributed by atoms with Gasteiger partial charge in [0.15, 0.2) is 0 Å². The van der Waals surface area contributed by atoms with Crippen LogP contribution >= 0.6 is 12.8 Å². The van der Waals surface area contributed by atoms with Gasteiger partial charge in [0.2, 0.25) is 0 Å². The molecule has 0 bridgehead atoms. The van der Waals surface area contributed by atoms with Gasteiger partial charge < -0.3 is 14.4 Å². The molecule has 0 radical (unpaired) electrons. The van der Waals surface area contributed by atoms with Crippen LogP contribution in [0.2, 0.25) is 0 Å². The normalized spacial score (nSPS) is 10.6.